The second-order valence-electron chi connectivity index (χ2n) is 12.9. The van der Waals surface area contributed by atoms with E-state index in [1.54, 1.807) is 14.1 Å². The number of rotatable bonds is 33. The normalized spacial score (nSPS) is 11.9. The zero-order valence-electron chi connectivity index (χ0n) is 32.2. The minimum atomic E-state index is -0.514. The van der Waals surface area contributed by atoms with Crippen molar-refractivity contribution < 1.29 is 66.4 Å². The third-order valence-corrected chi connectivity index (χ3v) is 5.90. The molecule has 50 heavy (non-hydrogen) atoms. The van der Waals surface area contributed by atoms with Gasteiger partial charge in [0, 0.05) is 27.2 Å². The number of hydrogen-bond donors (Lipinski definition) is 0. The molecule has 0 saturated carbocycles. The first-order valence-electron chi connectivity index (χ1n) is 17.5. The maximum Gasteiger partial charge on any atom is 0.410 e. The summed E-state index contributed by atoms with van der Waals surface area (Å²) in [5.41, 5.74) is -1.03. The van der Waals surface area contributed by atoms with Crippen molar-refractivity contribution in [2.75, 3.05) is 159 Å². The molecular weight excluding hydrogens is 660 g/mol. The topological polar surface area (TPSA) is 151 Å². The number of nitrogens with zero attached hydrogens (tertiary/aromatic N) is 2. The van der Waals surface area contributed by atoms with Crippen LogP contribution in [0.15, 0.2) is 0 Å². The molecule has 0 N–H and O–H groups in total. The predicted octanol–water partition coefficient (Wildman–Crippen LogP) is 2.89. The summed E-state index contributed by atoms with van der Waals surface area (Å²) in [6.07, 6.45) is -0.735. The van der Waals surface area contributed by atoms with E-state index in [1.807, 2.05) is 41.5 Å². The number of ether oxygens (including phenoxy) is 12. The number of carbonyl (C=O) groups is 2. The number of hydrogen-bond acceptors (Lipinski definition) is 14. The highest BCUT2D eigenvalue weighted by molar-refractivity contribution is 5.68. The van der Waals surface area contributed by atoms with Crippen LogP contribution < -0.4 is 0 Å². The Hall–Kier alpha value is -1.86. The molecule has 2 amide bonds. The molecule has 0 aromatic heterocycles. The molecule has 0 saturated heterocycles. The third-order valence-electron chi connectivity index (χ3n) is 5.90. The van der Waals surface area contributed by atoms with Gasteiger partial charge in [0.05, 0.1) is 132 Å². The standard InChI is InChI=1S/C34H68N2O14/c1-33(2,3)49-31(37)35(7)9-11-39-13-15-41-17-19-43-21-23-45-25-27-47-29-30-48-28-26-46-24-22-44-20-18-42-16-14-40-12-10-36(8)32(38)50-34(4,5)6/h9-30H2,1-8H3. The molecule has 0 heterocycles. The van der Waals surface area contributed by atoms with Gasteiger partial charge in [-0.15, -0.1) is 0 Å². The molecule has 0 fully saturated rings. The fraction of sp³-hybridized carbons (Fsp3) is 0.941. The van der Waals surface area contributed by atoms with Crippen LogP contribution in [-0.2, 0) is 56.8 Å². The maximum atomic E-state index is 11.9. The van der Waals surface area contributed by atoms with Gasteiger partial charge in [0.2, 0.25) is 0 Å². The highest BCUT2D eigenvalue weighted by Crippen LogP contribution is 2.09. The van der Waals surface area contributed by atoms with Crippen molar-refractivity contribution in [3.8, 4) is 0 Å². The van der Waals surface area contributed by atoms with E-state index in [-0.39, 0.29) is 12.2 Å². The Kier molecular flexibility index (Phi) is 30.7. The maximum absolute atomic E-state index is 11.9. The van der Waals surface area contributed by atoms with E-state index in [0.29, 0.717) is 145 Å². The first-order valence-corrected chi connectivity index (χ1v) is 17.5. The molecule has 0 aliphatic heterocycles. The summed E-state index contributed by atoms with van der Waals surface area (Å²) in [5, 5.41) is 0. The molecule has 16 nitrogen and oxygen atoms in total. The molecule has 0 aromatic carbocycles. The first-order chi connectivity index (χ1) is 23.8. The van der Waals surface area contributed by atoms with Crippen LogP contribution in [0.3, 0.4) is 0 Å². The second kappa shape index (κ2) is 31.8. The van der Waals surface area contributed by atoms with E-state index in [1.165, 1.54) is 9.80 Å². The van der Waals surface area contributed by atoms with Crippen LogP contribution in [0.4, 0.5) is 9.59 Å². The molecule has 0 atom stereocenters. The average Bonchev–Trinajstić information content (AvgIpc) is 3.03. The van der Waals surface area contributed by atoms with Crippen molar-refractivity contribution >= 4 is 12.2 Å². The molecule has 0 aliphatic rings. The van der Waals surface area contributed by atoms with Crippen LogP contribution >= 0.6 is 0 Å². The summed E-state index contributed by atoms with van der Waals surface area (Å²) in [7, 11) is 3.36. The summed E-state index contributed by atoms with van der Waals surface area (Å²) in [4.78, 5) is 26.7. The monoisotopic (exact) mass is 728 g/mol. The Balaban J connectivity index is 3.22. The minimum absolute atomic E-state index is 0.368. The quantitative estimate of drug-likeness (QED) is 0.0911. The van der Waals surface area contributed by atoms with Gasteiger partial charge in [-0.2, -0.15) is 0 Å². The summed E-state index contributed by atoms with van der Waals surface area (Å²) in [6.45, 7) is 21.2. The molecule has 298 valence electrons. The minimum Gasteiger partial charge on any atom is -0.444 e. The van der Waals surface area contributed by atoms with Crippen molar-refractivity contribution in [1.82, 2.24) is 9.80 Å². The lowest BCUT2D eigenvalue weighted by Gasteiger charge is -2.24. The number of likely N-dealkylation sites (N-methyl/N-ethyl adjacent to an activating group) is 2. The van der Waals surface area contributed by atoms with Gasteiger partial charge in [0.15, 0.2) is 0 Å². The average molecular weight is 729 g/mol. The summed E-state index contributed by atoms with van der Waals surface area (Å²) in [5.74, 6) is 0. The molecule has 0 spiro atoms. The summed E-state index contributed by atoms with van der Waals surface area (Å²) in [6, 6.07) is 0. The van der Waals surface area contributed by atoms with Gasteiger partial charge in [-0.25, -0.2) is 9.59 Å². The fourth-order valence-corrected chi connectivity index (χ4v) is 3.35. The van der Waals surface area contributed by atoms with Gasteiger partial charge in [0.25, 0.3) is 0 Å². The Morgan fingerprint density at radius 1 is 0.340 bits per heavy atom. The molecule has 0 rings (SSSR count). The molecule has 0 aromatic rings. The highest BCUT2D eigenvalue weighted by atomic mass is 16.6. The van der Waals surface area contributed by atoms with E-state index in [0.717, 1.165) is 0 Å². The molecule has 0 unspecified atom stereocenters. The highest BCUT2D eigenvalue weighted by Gasteiger charge is 2.20. The smallest absolute Gasteiger partial charge is 0.410 e. The molecule has 16 heteroatoms. The molecular formula is C34H68N2O14. The van der Waals surface area contributed by atoms with Crippen molar-refractivity contribution in [2.45, 2.75) is 52.7 Å². The van der Waals surface area contributed by atoms with Crippen molar-refractivity contribution in [2.24, 2.45) is 0 Å². The van der Waals surface area contributed by atoms with Crippen molar-refractivity contribution in [3.05, 3.63) is 0 Å². The van der Waals surface area contributed by atoms with Crippen LogP contribution in [0, 0.1) is 0 Å². The van der Waals surface area contributed by atoms with Crippen LogP contribution in [0.5, 0.6) is 0 Å². The van der Waals surface area contributed by atoms with E-state index in [2.05, 4.69) is 0 Å². The van der Waals surface area contributed by atoms with Crippen LogP contribution in [0.1, 0.15) is 41.5 Å². The lowest BCUT2D eigenvalue weighted by molar-refractivity contribution is -0.0269. The zero-order chi connectivity index (χ0) is 37.4. The Morgan fingerprint density at radius 3 is 0.660 bits per heavy atom. The second-order valence-corrected chi connectivity index (χ2v) is 12.9. The lowest BCUT2D eigenvalue weighted by Crippen LogP contribution is -2.36. The van der Waals surface area contributed by atoms with Gasteiger partial charge >= 0.3 is 12.2 Å². The van der Waals surface area contributed by atoms with Crippen molar-refractivity contribution in [1.29, 1.82) is 0 Å². The van der Waals surface area contributed by atoms with Gasteiger partial charge < -0.3 is 66.6 Å². The number of carbonyl (C=O) groups excluding carboxylic acids is 2. The van der Waals surface area contributed by atoms with Gasteiger partial charge in [0.1, 0.15) is 11.2 Å². The molecule has 0 radical (unpaired) electrons. The largest absolute Gasteiger partial charge is 0.444 e. The van der Waals surface area contributed by atoms with Gasteiger partial charge in [-0.1, -0.05) is 0 Å². The van der Waals surface area contributed by atoms with Crippen LogP contribution in [-0.4, -0.2) is 193 Å². The lowest BCUT2D eigenvalue weighted by atomic mass is 10.2. The van der Waals surface area contributed by atoms with E-state index < -0.39 is 11.2 Å². The van der Waals surface area contributed by atoms with E-state index >= 15 is 0 Å². The van der Waals surface area contributed by atoms with Crippen LogP contribution in [0.2, 0.25) is 0 Å². The Morgan fingerprint density at radius 2 is 0.500 bits per heavy atom. The number of amides is 2. The SMILES string of the molecule is CN(CCOCCOCCOCCOCCOCCOCCOCCOCCOCCOCCN(C)C(=O)OC(C)(C)C)C(=O)OC(C)(C)C. The predicted molar refractivity (Wildman–Crippen MR) is 186 cm³/mol. The fourth-order valence-electron chi connectivity index (χ4n) is 3.35. The summed E-state index contributed by atoms with van der Waals surface area (Å²) < 4.78 is 65.3. The van der Waals surface area contributed by atoms with Crippen LogP contribution in [0.25, 0.3) is 0 Å². The Labute approximate surface area is 300 Å². The van der Waals surface area contributed by atoms with E-state index in [4.69, 9.17) is 56.8 Å². The third kappa shape index (κ3) is 35.9. The zero-order valence-corrected chi connectivity index (χ0v) is 32.2. The van der Waals surface area contributed by atoms with Crippen molar-refractivity contribution in [3.63, 3.8) is 0 Å². The summed E-state index contributed by atoms with van der Waals surface area (Å²) >= 11 is 0. The van der Waals surface area contributed by atoms with E-state index in [9.17, 15) is 9.59 Å². The molecule has 0 aliphatic carbocycles. The molecule has 0 bridgehead atoms. The Bertz CT molecular complexity index is 731. The first kappa shape index (κ1) is 48.1. The van der Waals surface area contributed by atoms with Gasteiger partial charge in [-0.3, -0.25) is 0 Å². The van der Waals surface area contributed by atoms with Gasteiger partial charge in [-0.05, 0) is 41.5 Å².